The summed E-state index contributed by atoms with van der Waals surface area (Å²) in [7, 11) is 0. The lowest BCUT2D eigenvalue weighted by molar-refractivity contribution is 0.0695. The Morgan fingerprint density at radius 1 is 0.955 bits per heavy atom. The van der Waals surface area contributed by atoms with Crippen molar-refractivity contribution in [1.29, 1.82) is 0 Å². The SMILES string of the molecule is O=C(O)c1cccnc1Cc1cccc(-c2ccccn2)c1. The highest BCUT2D eigenvalue weighted by Gasteiger charge is 2.11. The van der Waals surface area contributed by atoms with Crippen LogP contribution < -0.4 is 0 Å². The van der Waals surface area contributed by atoms with Crippen LogP contribution >= 0.6 is 0 Å². The van der Waals surface area contributed by atoms with Gasteiger partial charge in [-0.1, -0.05) is 24.3 Å². The Labute approximate surface area is 128 Å². The van der Waals surface area contributed by atoms with Gasteiger partial charge in [0.05, 0.1) is 17.0 Å². The molecule has 3 aromatic rings. The molecule has 22 heavy (non-hydrogen) atoms. The van der Waals surface area contributed by atoms with Crippen LogP contribution in [0.4, 0.5) is 0 Å². The van der Waals surface area contributed by atoms with Crippen molar-refractivity contribution in [2.75, 3.05) is 0 Å². The number of carbonyl (C=O) groups is 1. The van der Waals surface area contributed by atoms with Crippen LogP contribution in [0, 0.1) is 0 Å². The maximum atomic E-state index is 11.3. The Bertz CT molecular complexity index is 801. The molecule has 1 aromatic carbocycles. The van der Waals surface area contributed by atoms with Gasteiger partial charge >= 0.3 is 5.97 Å². The van der Waals surface area contributed by atoms with E-state index in [0.717, 1.165) is 16.8 Å². The van der Waals surface area contributed by atoms with Crippen LogP contribution in [0.15, 0.2) is 67.0 Å². The number of benzene rings is 1. The van der Waals surface area contributed by atoms with Crippen LogP contribution in [-0.2, 0) is 6.42 Å². The summed E-state index contributed by atoms with van der Waals surface area (Å²) in [6.45, 7) is 0. The van der Waals surface area contributed by atoms with E-state index < -0.39 is 5.97 Å². The fourth-order valence-electron chi connectivity index (χ4n) is 2.34. The Kier molecular flexibility index (Phi) is 3.92. The van der Waals surface area contributed by atoms with E-state index in [4.69, 9.17) is 0 Å². The lowest BCUT2D eigenvalue weighted by Gasteiger charge is -2.07. The van der Waals surface area contributed by atoms with E-state index in [2.05, 4.69) is 9.97 Å². The predicted molar refractivity (Wildman–Crippen MR) is 83.7 cm³/mol. The summed E-state index contributed by atoms with van der Waals surface area (Å²) in [5.74, 6) is -0.955. The molecule has 2 aromatic heterocycles. The van der Waals surface area contributed by atoms with Crippen LogP contribution in [-0.4, -0.2) is 21.0 Å². The molecule has 2 heterocycles. The fourth-order valence-corrected chi connectivity index (χ4v) is 2.34. The van der Waals surface area contributed by atoms with Gasteiger partial charge in [0.15, 0.2) is 0 Å². The van der Waals surface area contributed by atoms with E-state index in [1.165, 1.54) is 0 Å². The van der Waals surface area contributed by atoms with Gasteiger partial charge in [-0.3, -0.25) is 9.97 Å². The highest BCUT2D eigenvalue weighted by molar-refractivity contribution is 5.88. The second-order valence-electron chi connectivity index (χ2n) is 4.89. The number of pyridine rings is 2. The lowest BCUT2D eigenvalue weighted by atomic mass is 10.0. The molecule has 0 aliphatic rings. The number of carboxylic acids is 1. The topological polar surface area (TPSA) is 63.1 Å². The van der Waals surface area contributed by atoms with E-state index in [9.17, 15) is 9.90 Å². The summed E-state index contributed by atoms with van der Waals surface area (Å²) < 4.78 is 0. The van der Waals surface area contributed by atoms with Crippen LogP contribution in [0.5, 0.6) is 0 Å². The Morgan fingerprint density at radius 2 is 1.82 bits per heavy atom. The van der Waals surface area contributed by atoms with Gasteiger partial charge in [0.25, 0.3) is 0 Å². The minimum absolute atomic E-state index is 0.241. The van der Waals surface area contributed by atoms with Gasteiger partial charge in [-0.15, -0.1) is 0 Å². The van der Waals surface area contributed by atoms with Gasteiger partial charge in [0, 0.05) is 24.4 Å². The van der Waals surface area contributed by atoms with E-state index in [1.54, 1.807) is 24.5 Å². The molecule has 0 amide bonds. The molecule has 4 nitrogen and oxygen atoms in total. The fraction of sp³-hybridized carbons (Fsp3) is 0.0556. The second-order valence-corrected chi connectivity index (χ2v) is 4.89. The van der Waals surface area contributed by atoms with Crippen molar-refractivity contribution in [3.8, 4) is 11.3 Å². The smallest absolute Gasteiger partial charge is 0.337 e. The van der Waals surface area contributed by atoms with Crippen LogP contribution in [0.25, 0.3) is 11.3 Å². The molecule has 0 aliphatic heterocycles. The molecular formula is C18H14N2O2. The summed E-state index contributed by atoms with van der Waals surface area (Å²) in [4.78, 5) is 19.8. The molecule has 0 saturated carbocycles. The van der Waals surface area contributed by atoms with E-state index in [1.807, 2.05) is 42.5 Å². The van der Waals surface area contributed by atoms with Crippen molar-refractivity contribution in [1.82, 2.24) is 9.97 Å². The first-order valence-electron chi connectivity index (χ1n) is 6.91. The number of rotatable bonds is 4. The lowest BCUT2D eigenvalue weighted by Crippen LogP contribution is -2.05. The van der Waals surface area contributed by atoms with Crippen molar-refractivity contribution >= 4 is 5.97 Å². The van der Waals surface area contributed by atoms with Crippen LogP contribution in [0.1, 0.15) is 21.6 Å². The zero-order valence-electron chi connectivity index (χ0n) is 11.8. The maximum Gasteiger partial charge on any atom is 0.337 e. The van der Waals surface area contributed by atoms with Crippen LogP contribution in [0.2, 0.25) is 0 Å². The van der Waals surface area contributed by atoms with Crippen molar-refractivity contribution in [2.24, 2.45) is 0 Å². The van der Waals surface area contributed by atoms with E-state index in [-0.39, 0.29) is 5.56 Å². The number of aromatic carboxylic acids is 1. The molecule has 4 heteroatoms. The van der Waals surface area contributed by atoms with Crippen molar-refractivity contribution in [3.05, 3.63) is 83.8 Å². The molecular weight excluding hydrogens is 276 g/mol. The van der Waals surface area contributed by atoms with Gasteiger partial charge in [-0.2, -0.15) is 0 Å². The zero-order chi connectivity index (χ0) is 15.4. The molecule has 0 aliphatic carbocycles. The highest BCUT2D eigenvalue weighted by Crippen LogP contribution is 2.20. The molecule has 0 saturated heterocycles. The third-order valence-corrected chi connectivity index (χ3v) is 3.38. The molecule has 0 radical (unpaired) electrons. The largest absolute Gasteiger partial charge is 0.478 e. The predicted octanol–water partition coefficient (Wildman–Crippen LogP) is 3.43. The van der Waals surface area contributed by atoms with Gasteiger partial charge < -0.3 is 5.11 Å². The van der Waals surface area contributed by atoms with Gasteiger partial charge in [0.2, 0.25) is 0 Å². The number of carboxylic acid groups (broad SMARTS) is 1. The molecule has 3 rings (SSSR count). The first-order valence-corrected chi connectivity index (χ1v) is 6.91. The summed E-state index contributed by atoms with van der Waals surface area (Å²) in [5.41, 5.74) is 3.71. The first kappa shape index (κ1) is 13.9. The van der Waals surface area contributed by atoms with Gasteiger partial charge in [0.1, 0.15) is 0 Å². The quantitative estimate of drug-likeness (QED) is 0.799. The van der Waals surface area contributed by atoms with E-state index >= 15 is 0 Å². The third kappa shape index (κ3) is 3.01. The normalized spacial score (nSPS) is 10.4. The second kappa shape index (κ2) is 6.18. The average Bonchev–Trinajstić information content (AvgIpc) is 2.56. The number of nitrogens with zero attached hydrogens (tertiary/aromatic N) is 2. The molecule has 0 spiro atoms. The van der Waals surface area contributed by atoms with E-state index in [0.29, 0.717) is 12.1 Å². The third-order valence-electron chi connectivity index (χ3n) is 3.38. The molecule has 0 bridgehead atoms. The molecule has 0 fully saturated rings. The molecule has 1 N–H and O–H groups in total. The molecule has 0 atom stereocenters. The van der Waals surface area contributed by atoms with Gasteiger partial charge in [-0.25, -0.2) is 4.79 Å². The van der Waals surface area contributed by atoms with Crippen molar-refractivity contribution in [3.63, 3.8) is 0 Å². The van der Waals surface area contributed by atoms with Crippen LogP contribution in [0.3, 0.4) is 0 Å². The van der Waals surface area contributed by atoms with Crippen molar-refractivity contribution in [2.45, 2.75) is 6.42 Å². The first-order chi connectivity index (χ1) is 10.7. The molecule has 108 valence electrons. The zero-order valence-corrected chi connectivity index (χ0v) is 11.8. The number of hydrogen-bond acceptors (Lipinski definition) is 3. The highest BCUT2D eigenvalue weighted by atomic mass is 16.4. The Balaban J connectivity index is 1.93. The number of aromatic nitrogens is 2. The summed E-state index contributed by atoms with van der Waals surface area (Å²) >= 11 is 0. The Hall–Kier alpha value is -3.01. The molecule has 0 unspecified atom stereocenters. The monoisotopic (exact) mass is 290 g/mol. The summed E-state index contributed by atoms with van der Waals surface area (Å²) in [6, 6.07) is 16.9. The summed E-state index contributed by atoms with van der Waals surface area (Å²) in [5, 5.41) is 9.23. The maximum absolute atomic E-state index is 11.3. The van der Waals surface area contributed by atoms with Gasteiger partial charge in [-0.05, 0) is 35.9 Å². The number of hydrogen-bond donors (Lipinski definition) is 1. The minimum atomic E-state index is -0.955. The standard InChI is InChI=1S/C18H14N2O2/c21-18(22)15-7-4-10-20-17(15)12-13-5-3-6-14(11-13)16-8-1-2-9-19-16/h1-11H,12H2,(H,21,22). The Morgan fingerprint density at radius 3 is 2.59 bits per heavy atom. The minimum Gasteiger partial charge on any atom is -0.478 e. The average molecular weight is 290 g/mol. The summed E-state index contributed by atoms with van der Waals surface area (Å²) in [6.07, 6.45) is 3.84. The van der Waals surface area contributed by atoms with Crippen molar-refractivity contribution < 1.29 is 9.90 Å².